The third kappa shape index (κ3) is 1.98. The van der Waals surface area contributed by atoms with Crippen LogP contribution < -0.4 is 0 Å². The minimum atomic E-state index is -1.33. The van der Waals surface area contributed by atoms with Gasteiger partial charge in [0.1, 0.15) is 18.3 Å². The molecule has 13 heavy (non-hydrogen) atoms. The van der Waals surface area contributed by atoms with Crippen LogP contribution >= 0.6 is 0 Å². The lowest BCUT2D eigenvalue weighted by Gasteiger charge is -2.38. The molecule has 1 saturated heterocycles. The second-order valence-corrected chi connectivity index (χ2v) is 2.82. The molecule has 3 N–H and O–H groups in total. The van der Waals surface area contributed by atoms with Gasteiger partial charge in [-0.2, -0.15) is 0 Å². The Hall–Kier alpha value is -0.240. The van der Waals surface area contributed by atoms with Crippen molar-refractivity contribution in [2.45, 2.75) is 30.9 Å². The Bertz CT molecular complexity index is 143. The number of methoxy groups -OCH3 is 2. The van der Waals surface area contributed by atoms with E-state index in [-0.39, 0.29) is 0 Å². The molecule has 0 spiro atoms. The van der Waals surface area contributed by atoms with E-state index < -0.39 is 30.9 Å². The monoisotopic (exact) mass is 194 g/mol. The summed E-state index contributed by atoms with van der Waals surface area (Å²) < 4.78 is 14.4. The first kappa shape index (κ1) is 10.8. The van der Waals surface area contributed by atoms with E-state index in [2.05, 4.69) is 0 Å². The van der Waals surface area contributed by atoms with E-state index in [1.807, 2.05) is 0 Å². The van der Waals surface area contributed by atoms with Crippen LogP contribution in [0.4, 0.5) is 0 Å². The number of aliphatic hydroxyl groups is 3. The SMILES string of the molecule is COC1OC(OC)C(O)C(O)C1O. The zero-order chi connectivity index (χ0) is 10.0. The molecule has 0 aromatic carbocycles. The second kappa shape index (κ2) is 4.32. The Labute approximate surface area is 75.6 Å². The molecule has 0 saturated carbocycles. The fourth-order valence-electron chi connectivity index (χ4n) is 1.21. The number of hydrogen-bond donors (Lipinski definition) is 3. The molecule has 0 aromatic heterocycles. The zero-order valence-corrected chi connectivity index (χ0v) is 7.45. The van der Waals surface area contributed by atoms with Crippen LogP contribution in [0.2, 0.25) is 0 Å². The van der Waals surface area contributed by atoms with Gasteiger partial charge in [0.2, 0.25) is 0 Å². The maximum Gasteiger partial charge on any atom is 0.188 e. The predicted molar refractivity (Wildman–Crippen MR) is 40.7 cm³/mol. The van der Waals surface area contributed by atoms with Crippen molar-refractivity contribution in [3.8, 4) is 0 Å². The van der Waals surface area contributed by atoms with Gasteiger partial charge >= 0.3 is 0 Å². The van der Waals surface area contributed by atoms with E-state index in [4.69, 9.17) is 14.2 Å². The highest BCUT2D eigenvalue weighted by atomic mass is 16.8. The normalized spacial score (nSPS) is 46.4. The molecule has 0 aromatic rings. The first-order valence-corrected chi connectivity index (χ1v) is 3.87. The van der Waals surface area contributed by atoms with Gasteiger partial charge in [0.25, 0.3) is 0 Å². The summed E-state index contributed by atoms with van der Waals surface area (Å²) in [5.41, 5.74) is 0. The van der Waals surface area contributed by atoms with Crippen LogP contribution in [-0.2, 0) is 14.2 Å². The molecule has 1 rings (SSSR count). The summed E-state index contributed by atoms with van der Waals surface area (Å²) in [6.45, 7) is 0. The summed E-state index contributed by atoms with van der Waals surface area (Å²) in [5, 5.41) is 27.9. The van der Waals surface area contributed by atoms with Crippen LogP contribution in [0.1, 0.15) is 0 Å². The van der Waals surface area contributed by atoms with Crippen molar-refractivity contribution in [1.82, 2.24) is 0 Å². The van der Waals surface area contributed by atoms with Crippen LogP contribution in [0.25, 0.3) is 0 Å². The van der Waals surface area contributed by atoms with Gasteiger partial charge in [0.15, 0.2) is 12.6 Å². The van der Waals surface area contributed by atoms with Crippen molar-refractivity contribution >= 4 is 0 Å². The Morgan fingerprint density at radius 1 is 0.846 bits per heavy atom. The summed E-state index contributed by atoms with van der Waals surface area (Å²) in [6.07, 6.45) is -5.84. The Morgan fingerprint density at radius 3 is 1.54 bits per heavy atom. The molecule has 1 heterocycles. The second-order valence-electron chi connectivity index (χ2n) is 2.82. The zero-order valence-electron chi connectivity index (χ0n) is 7.45. The molecule has 4 atom stereocenters. The standard InChI is InChI=1S/C7H14O6/c1-11-6-4(9)3(8)5(10)7(12-2)13-6/h3-10H,1-2H3. The van der Waals surface area contributed by atoms with Gasteiger partial charge in [0, 0.05) is 14.2 Å². The van der Waals surface area contributed by atoms with Crippen LogP contribution in [0.15, 0.2) is 0 Å². The van der Waals surface area contributed by atoms with Crippen molar-refractivity contribution in [3.63, 3.8) is 0 Å². The summed E-state index contributed by atoms with van der Waals surface area (Å²) in [6, 6.07) is 0. The predicted octanol–water partition coefficient (Wildman–Crippen LogP) is -1.96. The number of aliphatic hydroxyl groups excluding tert-OH is 3. The van der Waals surface area contributed by atoms with E-state index in [0.717, 1.165) is 0 Å². The topological polar surface area (TPSA) is 88.4 Å². The molecular weight excluding hydrogens is 180 g/mol. The van der Waals surface area contributed by atoms with Crippen LogP contribution in [-0.4, -0.2) is 60.4 Å². The average Bonchev–Trinajstić information content (AvgIpc) is 2.15. The van der Waals surface area contributed by atoms with E-state index >= 15 is 0 Å². The minimum absolute atomic E-state index is 0.983. The van der Waals surface area contributed by atoms with Crippen molar-refractivity contribution in [2.75, 3.05) is 14.2 Å². The number of rotatable bonds is 2. The van der Waals surface area contributed by atoms with Gasteiger partial charge in [-0.1, -0.05) is 0 Å². The van der Waals surface area contributed by atoms with Crippen molar-refractivity contribution in [2.24, 2.45) is 0 Å². The first-order chi connectivity index (χ1) is 6.11. The molecule has 1 aliphatic rings. The van der Waals surface area contributed by atoms with Gasteiger partial charge in [-0.3, -0.25) is 0 Å². The fraction of sp³-hybridized carbons (Fsp3) is 1.00. The van der Waals surface area contributed by atoms with E-state index in [1.165, 1.54) is 14.2 Å². The summed E-state index contributed by atoms with van der Waals surface area (Å²) in [5.74, 6) is 0. The highest BCUT2D eigenvalue weighted by Crippen LogP contribution is 2.21. The van der Waals surface area contributed by atoms with E-state index in [1.54, 1.807) is 0 Å². The van der Waals surface area contributed by atoms with Gasteiger partial charge in [0.05, 0.1) is 0 Å². The highest BCUT2D eigenvalue weighted by molar-refractivity contribution is 4.85. The van der Waals surface area contributed by atoms with Crippen LogP contribution in [0.5, 0.6) is 0 Å². The lowest BCUT2D eigenvalue weighted by molar-refractivity contribution is -0.340. The molecule has 0 bridgehead atoms. The first-order valence-electron chi connectivity index (χ1n) is 3.87. The highest BCUT2D eigenvalue weighted by Gasteiger charge is 2.44. The Kier molecular flexibility index (Phi) is 3.60. The lowest BCUT2D eigenvalue weighted by atomic mass is 10.0. The van der Waals surface area contributed by atoms with Gasteiger partial charge < -0.3 is 29.5 Å². The molecule has 1 aliphatic heterocycles. The number of ether oxygens (including phenoxy) is 3. The maximum absolute atomic E-state index is 9.31. The summed E-state index contributed by atoms with van der Waals surface area (Å²) >= 11 is 0. The summed E-state index contributed by atoms with van der Waals surface area (Å²) in [7, 11) is 2.65. The van der Waals surface area contributed by atoms with Crippen molar-refractivity contribution in [3.05, 3.63) is 0 Å². The van der Waals surface area contributed by atoms with Crippen LogP contribution in [0, 0.1) is 0 Å². The van der Waals surface area contributed by atoms with Crippen molar-refractivity contribution < 1.29 is 29.5 Å². The Morgan fingerprint density at radius 2 is 1.23 bits per heavy atom. The number of hydrogen-bond acceptors (Lipinski definition) is 6. The molecule has 0 amide bonds. The van der Waals surface area contributed by atoms with E-state index in [0.29, 0.717) is 0 Å². The smallest absolute Gasteiger partial charge is 0.188 e. The average molecular weight is 194 g/mol. The third-order valence-electron chi connectivity index (χ3n) is 1.99. The van der Waals surface area contributed by atoms with Gasteiger partial charge in [-0.25, -0.2) is 0 Å². The Balaban J connectivity index is 2.66. The molecule has 6 heteroatoms. The van der Waals surface area contributed by atoms with Gasteiger partial charge in [-0.05, 0) is 0 Å². The quantitative estimate of drug-likeness (QED) is 0.473. The molecule has 6 nitrogen and oxygen atoms in total. The molecule has 0 aliphatic carbocycles. The molecule has 0 radical (unpaired) electrons. The summed E-state index contributed by atoms with van der Waals surface area (Å²) in [4.78, 5) is 0. The van der Waals surface area contributed by atoms with E-state index in [9.17, 15) is 15.3 Å². The molecular formula is C7H14O6. The largest absolute Gasteiger partial charge is 0.387 e. The molecule has 4 unspecified atom stereocenters. The van der Waals surface area contributed by atoms with Gasteiger partial charge in [-0.15, -0.1) is 0 Å². The maximum atomic E-state index is 9.31. The lowest BCUT2D eigenvalue weighted by Crippen LogP contribution is -2.58. The van der Waals surface area contributed by atoms with Crippen LogP contribution in [0.3, 0.4) is 0 Å². The minimum Gasteiger partial charge on any atom is -0.387 e. The molecule has 78 valence electrons. The fourth-order valence-corrected chi connectivity index (χ4v) is 1.21. The van der Waals surface area contributed by atoms with Crippen molar-refractivity contribution in [1.29, 1.82) is 0 Å². The molecule has 1 fully saturated rings. The third-order valence-corrected chi connectivity index (χ3v) is 1.99.